The first-order valence-electron chi connectivity index (χ1n) is 7.80. The van der Waals surface area contributed by atoms with Crippen LogP contribution in [-0.4, -0.2) is 21.3 Å². The van der Waals surface area contributed by atoms with Gasteiger partial charge in [-0.3, -0.25) is 4.57 Å². The van der Waals surface area contributed by atoms with E-state index in [0.29, 0.717) is 0 Å². The molecule has 0 radical (unpaired) electrons. The molecular formula is C16H27F2O3PSi. The summed E-state index contributed by atoms with van der Waals surface area (Å²) in [4.78, 5) is 0. The highest BCUT2D eigenvalue weighted by molar-refractivity contribution is 7.62. The van der Waals surface area contributed by atoms with Crippen LogP contribution in [0.15, 0.2) is 12.1 Å². The standard InChI is InChI=1S/C16H27F2O3PSi/c1-8-20-22(19,21-9-2)15-11-13(4)12(3)10-14(15)16(17,18)23(5,6)7/h10-11H,8-9H2,1-7H3. The average Bonchev–Trinajstić information content (AvgIpc) is 2.40. The topological polar surface area (TPSA) is 35.5 Å². The molecule has 0 heterocycles. The zero-order chi connectivity index (χ0) is 18.1. The number of rotatable bonds is 7. The summed E-state index contributed by atoms with van der Waals surface area (Å²) in [6.45, 7) is 12.0. The molecule has 132 valence electrons. The molecule has 0 bridgehead atoms. The van der Waals surface area contributed by atoms with Crippen LogP contribution in [0.3, 0.4) is 0 Å². The van der Waals surface area contributed by atoms with Gasteiger partial charge in [0.25, 0.3) is 5.55 Å². The summed E-state index contributed by atoms with van der Waals surface area (Å²) in [5.41, 5.74) is -1.73. The van der Waals surface area contributed by atoms with Gasteiger partial charge in [0, 0.05) is 5.56 Å². The van der Waals surface area contributed by atoms with E-state index in [1.165, 1.54) is 12.1 Å². The number of alkyl halides is 2. The Morgan fingerprint density at radius 1 is 1.04 bits per heavy atom. The van der Waals surface area contributed by atoms with Crippen LogP contribution < -0.4 is 5.30 Å². The molecule has 1 aromatic carbocycles. The summed E-state index contributed by atoms with van der Waals surface area (Å²) in [5, 5.41) is -0.00303. The molecule has 23 heavy (non-hydrogen) atoms. The summed E-state index contributed by atoms with van der Waals surface area (Å²) >= 11 is 0. The van der Waals surface area contributed by atoms with Crippen LogP contribution in [0, 0.1) is 13.8 Å². The van der Waals surface area contributed by atoms with Gasteiger partial charge >= 0.3 is 7.60 Å². The van der Waals surface area contributed by atoms with Crippen LogP contribution in [0.1, 0.15) is 30.5 Å². The van der Waals surface area contributed by atoms with Crippen molar-refractivity contribution in [1.82, 2.24) is 0 Å². The van der Waals surface area contributed by atoms with E-state index in [1.54, 1.807) is 47.3 Å². The zero-order valence-electron chi connectivity index (χ0n) is 15.0. The summed E-state index contributed by atoms with van der Waals surface area (Å²) in [5.74, 6) is 0. The van der Waals surface area contributed by atoms with Gasteiger partial charge in [-0.25, -0.2) is 8.78 Å². The van der Waals surface area contributed by atoms with E-state index in [-0.39, 0.29) is 24.1 Å². The normalized spacial score (nSPS) is 13.4. The smallest absolute Gasteiger partial charge is 0.305 e. The summed E-state index contributed by atoms with van der Waals surface area (Å²) in [6, 6.07) is 2.97. The molecule has 0 aromatic heterocycles. The molecule has 0 aliphatic heterocycles. The Labute approximate surface area is 138 Å². The second-order valence-corrected chi connectivity index (χ2v) is 13.7. The monoisotopic (exact) mass is 364 g/mol. The van der Waals surface area contributed by atoms with E-state index in [0.717, 1.165) is 11.1 Å². The molecule has 0 atom stereocenters. The maximum absolute atomic E-state index is 15.1. The maximum Gasteiger partial charge on any atom is 0.361 e. The molecule has 3 nitrogen and oxygen atoms in total. The minimum atomic E-state index is -3.78. The second-order valence-electron chi connectivity index (χ2n) is 6.61. The highest BCUT2D eigenvalue weighted by Crippen LogP contribution is 2.51. The Morgan fingerprint density at radius 3 is 1.87 bits per heavy atom. The first-order chi connectivity index (χ1) is 10.4. The van der Waals surface area contributed by atoms with Gasteiger partial charge in [0.05, 0.1) is 18.5 Å². The lowest BCUT2D eigenvalue weighted by atomic mass is 10.1. The van der Waals surface area contributed by atoms with Crippen molar-refractivity contribution in [2.45, 2.75) is 52.9 Å². The average molecular weight is 364 g/mol. The third kappa shape index (κ3) is 4.11. The molecule has 0 spiro atoms. The lowest BCUT2D eigenvalue weighted by molar-refractivity contribution is 0.0800. The fraction of sp³-hybridized carbons (Fsp3) is 0.625. The fourth-order valence-electron chi connectivity index (χ4n) is 2.20. The third-order valence-electron chi connectivity index (χ3n) is 3.79. The van der Waals surface area contributed by atoms with Crippen molar-refractivity contribution >= 4 is 21.0 Å². The van der Waals surface area contributed by atoms with Crippen molar-refractivity contribution in [2.24, 2.45) is 0 Å². The SMILES string of the molecule is CCOP(=O)(OCC)c1cc(C)c(C)cc1C(F)(F)[Si](C)(C)C. The summed E-state index contributed by atoms with van der Waals surface area (Å²) < 4.78 is 53.9. The van der Waals surface area contributed by atoms with E-state index < -0.39 is 21.2 Å². The van der Waals surface area contributed by atoms with Crippen molar-refractivity contribution < 1.29 is 22.4 Å². The molecule has 0 aliphatic rings. The van der Waals surface area contributed by atoms with Crippen molar-refractivity contribution in [2.75, 3.05) is 13.2 Å². The zero-order valence-corrected chi connectivity index (χ0v) is 16.9. The number of aryl methyl sites for hydroxylation is 2. The van der Waals surface area contributed by atoms with Gasteiger partial charge in [-0.1, -0.05) is 19.6 Å². The minimum absolute atomic E-state index is 0.00303. The van der Waals surface area contributed by atoms with Gasteiger partial charge in [0.1, 0.15) is 8.07 Å². The Kier molecular flexibility index (Phi) is 6.36. The molecule has 0 saturated carbocycles. The molecule has 0 saturated heterocycles. The largest absolute Gasteiger partial charge is 0.361 e. The molecule has 0 aliphatic carbocycles. The van der Waals surface area contributed by atoms with Crippen LogP contribution in [0.25, 0.3) is 0 Å². The molecule has 0 fully saturated rings. The Morgan fingerprint density at radius 2 is 1.48 bits per heavy atom. The number of halogens is 2. The number of benzene rings is 1. The highest BCUT2D eigenvalue weighted by Gasteiger charge is 2.50. The molecular weight excluding hydrogens is 337 g/mol. The lowest BCUT2D eigenvalue weighted by Gasteiger charge is -2.32. The summed E-state index contributed by atoms with van der Waals surface area (Å²) in [7, 11) is -6.67. The maximum atomic E-state index is 15.1. The van der Waals surface area contributed by atoms with Crippen molar-refractivity contribution in [3.63, 3.8) is 0 Å². The van der Waals surface area contributed by atoms with Crippen LogP contribution in [0.2, 0.25) is 19.6 Å². The van der Waals surface area contributed by atoms with Crippen molar-refractivity contribution in [3.05, 3.63) is 28.8 Å². The Hall–Kier alpha value is -0.553. The lowest BCUT2D eigenvalue weighted by Crippen LogP contribution is -2.45. The van der Waals surface area contributed by atoms with Crippen molar-refractivity contribution in [1.29, 1.82) is 0 Å². The molecule has 0 N–H and O–H groups in total. The number of hydrogen-bond donors (Lipinski definition) is 0. The molecule has 1 aromatic rings. The Bertz CT molecular complexity index is 602. The van der Waals surface area contributed by atoms with Crippen LogP contribution >= 0.6 is 7.60 Å². The van der Waals surface area contributed by atoms with Crippen LogP contribution in [0.5, 0.6) is 0 Å². The summed E-state index contributed by atoms with van der Waals surface area (Å²) in [6.07, 6.45) is 0. The first kappa shape index (κ1) is 20.5. The van der Waals surface area contributed by atoms with E-state index in [1.807, 2.05) is 0 Å². The predicted molar refractivity (Wildman–Crippen MR) is 93.6 cm³/mol. The predicted octanol–water partition coefficient (Wildman–Crippen LogP) is 5.16. The number of hydrogen-bond acceptors (Lipinski definition) is 3. The second kappa shape index (κ2) is 7.14. The van der Waals surface area contributed by atoms with E-state index in [2.05, 4.69) is 0 Å². The Balaban J connectivity index is 3.72. The van der Waals surface area contributed by atoms with Gasteiger partial charge in [-0.05, 0) is 51.0 Å². The fourth-order valence-corrected chi connectivity index (χ4v) is 5.20. The quantitative estimate of drug-likeness (QED) is 0.495. The van der Waals surface area contributed by atoms with Crippen LogP contribution in [-0.2, 0) is 19.2 Å². The van der Waals surface area contributed by atoms with Gasteiger partial charge in [0.15, 0.2) is 0 Å². The molecule has 0 unspecified atom stereocenters. The van der Waals surface area contributed by atoms with Gasteiger partial charge in [0.2, 0.25) is 0 Å². The minimum Gasteiger partial charge on any atom is -0.305 e. The molecule has 7 heteroatoms. The molecule has 0 amide bonds. The van der Waals surface area contributed by atoms with Crippen LogP contribution in [0.4, 0.5) is 8.78 Å². The molecule has 1 rings (SSSR count). The highest BCUT2D eigenvalue weighted by atomic mass is 31.2. The van der Waals surface area contributed by atoms with Crippen molar-refractivity contribution in [3.8, 4) is 0 Å². The van der Waals surface area contributed by atoms with E-state index >= 15 is 8.78 Å². The van der Waals surface area contributed by atoms with Gasteiger partial charge in [-0.15, -0.1) is 0 Å². The third-order valence-corrected chi connectivity index (χ3v) is 8.09. The van der Waals surface area contributed by atoms with E-state index in [9.17, 15) is 4.57 Å². The van der Waals surface area contributed by atoms with Gasteiger partial charge in [-0.2, -0.15) is 0 Å². The van der Waals surface area contributed by atoms with Gasteiger partial charge < -0.3 is 9.05 Å². The first-order valence-corrected chi connectivity index (χ1v) is 12.8. The van der Waals surface area contributed by atoms with E-state index in [4.69, 9.17) is 9.05 Å².